The summed E-state index contributed by atoms with van der Waals surface area (Å²) >= 11 is 5.26. The fraction of sp³-hybridized carbons (Fsp3) is 0.375. The van der Waals surface area contributed by atoms with Crippen molar-refractivity contribution in [3.05, 3.63) is 29.1 Å². The fourth-order valence-electron chi connectivity index (χ4n) is 0.979. The highest BCUT2D eigenvalue weighted by Gasteiger charge is 2.32. The minimum atomic E-state index is -4.60. The summed E-state index contributed by atoms with van der Waals surface area (Å²) in [6.45, 7) is 0. The third-order valence-corrected chi connectivity index (χ3v) is 1.97. The average molecular weight is 246 g/mol. The van der Waals surface area contributed by atoms with Crippen LogP contribution in [0.15, 0.2) is 12.3 Å². The number of rotatable bonds is 2. The molecule has 0 saturated carbocycles. The molecule has 0 atom stereocenters. The van der Waals surface area contributed by atoms with E-state index in [2.05, 4.69) is 4.98 Å². The van der Waals surface area contributed by atoms with Crippen LogP contribution >= 0.6 is 11.6 Å². The summed E-state index contributed by atoms with van der Waals surface area (Å²) < 4.78 is 61.0. The van der Waals surface area contributed by atoms with Gasteiger partial charge in [0.15, 0.2) is 0 Å². The van der Waals surface area contributed by atoms with Crippen molar-refractivity contribution < 1.29 is 22.0 Å². The maximum atomic E-state index is 12.2. The Hall–Kier alpha value is -0.910. The molecule has 1 heterocycles. The maximum absolute atomic E-state index is 12.2. The largest absolute Gasteiger partial charge is 0.417 e. The molecule has 0 unspecified atom stereocenters. The molecule has 15 heavy (non-hydrogen) atoms. The van der Waals surface area contributed by atoms with Gasteiger partial charge in [0.05, 0.1) is 5.56 Å². The molecule has 0 fully saturated rings. The predicted molar refractivity (Wildman–Crippen MR) is 43.8 cm³/mol. The molecule has 0 aromatic carbocycles. The van der Waals surface area contributed by atoms with Crippen LogP contribution in [0.4, 0.5) is 22.0 Å². The highest BCUT2D eigenvalue weighted by Crippen LogP contribution is 2.31. The molecule has 0 bridgehead atoms. The van der Waals surface area contributed by atoms with Gasteiger partial charge in [0.1, 0.15) is 5.69 Å². The first-order chi connectivity index (χ1) is 6.86. The molecule has 1 aromatic heterocycles. The van der Waals surface area contributed by atoms with Crippen LogP contribution in [0.1, 0.15) is 23.2 Å². The molecule has 0 saturated heterocycles. The minimum absolute atomic E-state index is 0.304. The first-order valence-electron chi connectivity index (χ1n) is 3.76. The lowest BCUT2D eigenvalue weighted by Crippen LogP contribution is -2.08. The molecule has 1 nitrogen and oxygen atoms in total. The Bertz CT molecular complexity index is 349. The van der Waals surface area contributed by atoms with E-state index in [0.29, 0.717) is 12.3 Å². The maximum Gasteiger partial charge on any atom is 0.417 e. The van der Waals surface area contributed by atoms with E-state index in [9.17, 15) is 22.0 Å². The number of hydrogen-bond donors (Lipinski definition) is 0. The Labute approximate surface area is 86.9 Å². The first kappa shape index (κ1) is 12.2. The van der Waals surface area contributed by atoms with Gasteiger partial charge in [0, 0.05) is 12.1 Å². The summed E-state index contributed by atoms with van der Waals surface area (Å²) in [6, 6.07) is 0.585. The number of halogens is 6. The Morgan fingerprint density at radius 1 is 1.33 bits per heavy atom. The van der Waals surface area contributed by atoms with Gasteiger partial charge >= 0.3 is 6.18 Å². The molecule has 0 radical (unpaired) electrons. The lowest BCUT2D eigenvalue weighted by molar-refractivity contribution is -0.137. The van der Waals surface area contributed by atoms with Crippen LogP contribution in [0.5, 0.6) is 0 Å². The van der Waals surface area contributed by atoms with Crippen LogP contribution in [-0.2, 0) is 12.1 Å². The van der Waals surface area contributed by atoms with E-state index in [1.54, 1.807) is 0 Å². The Balaban J connectivity index is 3.19. The van der Waals surface area contributed by atoms with Crippen LogP contribution in [0.3, 0.4) is 0 Å². The van der Waals surface area contributed by atoms with Crippen molar-refractivity contribution in [2.45, 2.75) is 18.5 Å². The molecule has 84 valence electrons. The van der Waals surface area contributed by atoms with Crippen molar-refractivity contribution in [2.75, 3.05) is 0 Å². The normalized spacial score (nSPS) is 12.2. The van der Waals surface area contributed by atoms with Crippen molar-refractivity contribution in [1.29, 1.82) is 0 Å². The van der Waals surface area contributed by atoms with Crippen LogP contribution in [0, 0.1) is 0 Å². The summed E-state index contributed by atoms with van der Waals surface area (Å²) in [7, 11) is 0. The second kappa shape index (κ2) is 4.30. The van der Waals surface area contributed by atoms with Gasteiger partial charge in [0.25, 0.3) is 6.43 Å². The zero-order valence-electron chi connectivity index (χ0n) is 7.15. The fourth-order valence-corrected chi connectivity index (χ4v) is 1.19. The van der Waals surface area contributed by atoms with E-state index in [4.69, 9.17) is 11.6 Å². The van der Waals surface area contributed by atoms with Crippen molar-refractivity contribution in [2.24, 2.45) is 0 Å². The quantitative estimate of drug-likeness (QED) is 0.571. The third-order valence-electron chi connectivity index (χ3n) is 1.68. The molecule has 0 aliphatic rings. The number of alkyl halides is 6. The van der Waals surface area contributed by atoms with Gasteiger partial charge < -0.3 is 0 Å². The Morgan fingerprint density at radius 2 is 1.93 bits per heavy atom. The second-order valence-corrected chi connectivity index (χ2v) is 2.97. The summed E-state index contributed by atoms with van der Waals surface area (Å²) in [5.74, 6) is -0.434. The monoisotopic (exact) mass is 245 g/mol. The molecule has 0 aliphatic heterocycles. The van der Waals surface area contributed by atoms with Crippen LogP contribution < -0.4 is 0 Å². The number of pyridine rings is 1. The zero-order valence-corrected chi connectivity index (χ0v) is 7.91. The topological polar surface area (TPSA) is 12.9 Å². The second-order valence-electron chi connectivity index (χ2n) is 2.70. The van der Waals surface area contributed by atoms with Crippen LogP contribution in [0.2, 0.25) is 0 Å². The van der Waals surface area contributed by atoms with Gasteiger partial charge in [0.2, 0.25) is 0 Å². The Morgan fingerprint density at radius 3 is 2.33 bits per heavy atom. The van der Waals surface area contributed by atoms with Gasteiger partial charge in [-0.2, -0.15) is 13.2 Å². The molecule has 1 aromatic rings. The van der Waals surface area contributed by atoms with E-state index in [-0.39, 0.29) is 5.56 Å². The SMILES string of the molecule is FC(F)c1ncc(C(F)(F)F)cc1CCl. The molecule has 1 rings (SSSR count). The average Bonchev–Trinajstić information content (AvgIpc) is 2.15. The molecule has 7 heteroatoms. The van der Waals surface area contributed by atoms with Gasteiger partial charge in [-0.05, 0) is 11.6 Å². The highest BCUT2D eigenvalue weighted by atomic mass is 35.5. The number of hydrogen-bond acceptors (Lipinski definition) is 1. The summed E-state index contributed by atoms with van der Waals surface area (Å²) in [5.41, 5.74) is -2.10. The molecular weight excluding hydrogens is 241 g/mol. The lowest BCUT2D eigenvalue weighted by atomic mass is 10.1. The van der Waals surface area contributed by atoms with E-state index >= 15 is 0 Å². The smallest absolute Gasteiger partial charge is 0.254 e. The zero-order chi connectivity index (χ0) is 11.6. The molecule has 0 spiro atoms. The molecule has 0 N–H and O–H groups in total. The summed E-state index contributed by atoms with van der Waals surface area (Å²) in [5, 5.41) is 0. The van der Waals surface area contributed by atoms with E-state index in [1.165, 1.54) is 0 Å². The highest BCUT2D eigenvalue weighted by molar-refractivity contribution is 6.17. The van der Waals surface area contributed by atoms with Gasteiger partial charge in [-0.1, -0.05) is 0 Å². The van der Waals surface area contributed by atoms with E-state index in [0.717, 1.165) is 0 Å². The van der Waals surface area contributed by atoms with E-state index in [1.807, 2.05) is 0 Å². The minimum Gasteiger partial charge on any atom is -0.254 e. The van der Waals surface area contributed by atoms with Crippen molar-refractivity contribution in [1.82, 2.24) is 4.98 Å². The van der Waals surface area contributed by atoms with Crippen LogP contribution in [-0.4, -0.2) is 4.98 Å². The molecule has 0 amide bonds. The lowest BCUT2D eigenvalue weighted by Gasteiger charge is -2.10. The summed E-state index contributed by atoms with van der Waals surface area (Å²) in [4.78, 5) is 3.06. The number of nitrogens with zero attached hydrogens (tertiary/aromatic N) is 1. The van der Waals surface area contributed by atoms with Gasteiger partial charge in [-0.3, -0.25) is 4.98 Å². The standard InChI is InChI=1S/C8H5ClF5N/c9-2-4-1-5(8(12,13)14)3-15-6(4)7(10)11/h1,3,7H,2H2. The third kappa shape index (κ3) is 2.77. The van der Waals surface area contributed by atoms with E-state index < -0.39 is 29.7 Å². The Kier molecular flexibility index (Phi) is 3.49. The van der Waals surface area contributed by atoms with Gasteiger partial charge in [-0.25, -0.2) is 8.78 Å². The molecular formula is C8H5ClF5N. The summed E-state index contributed by atoms with van der Waals surface area (Å²) in [6.07, 6.45) is -7.16. The predicted octanol–water partition coefficient (Wildman–Crippen LogP) is 3.78. The van der Waals surface area contributed by atoms with Crippen LogP contribution in [0.25, 0.3) is 0 Å². The van der Waals surface area contributed by atoms with Crippen molar-refractivity contribution >= 4 is 11.6 Å². The van der Waals surface area contributed by atoms with Gasteiger partial charge in [-0.15, -0.1) is 11.6 Å². The molecule has 0 aliphatic carbocycles. The van der Waals surface area contributed by atoms with Crippen molar-refractivity contribution in [3.8, 4) is 0 Å². The first-order valence-corrected chi connectivity index (χ1v) is 4.30. The van der Waals surface area contributed by atoms with Crippen molar-refractivity contribution in [3.63, 3.8) is 0 Å². The number of aromatic nitrogens is 1.